The van der Waals surface area contributed by atoms with Crippen molar-refractivity contribution in [2.75, 3.05) is 19.7 Å². The van der Waals surface area contributed by atoms with E-state index in [1.807, 2.05) is 6.07 Å². The van der Waals surface area contributed by atoms with E-state index in [9.17, 15) is 9.59 Å². The Morgan fingerprint density at radius 3 is 2.76 bits per heavy atom. The molecular formula is C11H16N2O4. The molecule has 6 heteroatoms. The lowest BCUT2D eigenvalue weighted by Gasteiger charge is -2.29. The summed E-state index contributed by atoms with van der Waals surface area (Å²) in [6.45, 7) is 1.21. The van der Waals surface area contributed by atoms with E-state index in [1.54, 1.807) is 4.90 Å². The van der Waals surface area contributed by atoms with Crippen LogP contribution in [0.4, 0.5) is 0 Å². The SMILES string of the molecule is N#CC1CN(C(=O)CCCCC(=O)O)CCO1. The Hall–Kier alpha value is -1.61. The molecule has 1 N–H and O–H groups in total. The molecule has 0 spiro atoms. The number of carboxylic acids is 1. The highest BCUT2D eigenvalue weighted by Gasteiger charge is 2.23. The molecule has 1 unspecified atom stereocenters. The lowest BCUT2D eigenvalue weighted by molar-refractivity contribution is -0.139. The molecule has 1 rings (SSSR count). The smallest absolute Gasteiger partial charge is 0.303 e. The molecule has 0 bridgehead atoms. The van der Waals surface area contributed by atoms with Crippen molar-refractivity contribution in [3.63, 3.8) is 0 Å². The molecule has 1 fully saturated rings. The van der Waals surface area contributed by atoms with Crippen molar-refractivity contribution in [2.24, 2.45) is 0 Å². The van der Waals surface area contributed by atoms with E-state index in [-0.39, 0.29) is 12.3 Å². The molecule has 1 amide bonds. The second kappa shape index (κ2) is 6.86. The Labute approximate surface area is 99.8 Å². The third-order valence-corrected chi connectivity index (χ3v) is 2.59. The maximum absolute atomic E-state index is 11.7. The molecule has 0 aromatic heterocycles. The summed E-state index contributed by atoms with van der Waals surface area (Å²) in [7, 11) is 0. The van der Waals surface area contributed by atoms with Gasteiger partial charge in [0.15, 0.2) is 6.10 Å². The van der Waals surface area contributed by atoms with Gasteiger partial charge in [-0.25, -0.2) is 0 Å². The Morgan fingerprint density at radius 1 is 1.41 bits per heavy atom. The van der Waals surface area contributed by atoms with Gasteiger partial charge in [-0.05, 0) is 12.8 Å². The quantitative estimate of drug-likeness (QED) is 0.701. The van der Waals surface area contributed by atoms with Crippen LogP contribution in [0.1, 0.15) is 25.7 Å². The van der Waals surface area contributed by atoms with Gasteiger partial charge < -0.3 is 14.7 Å². The Morgan fingerprint density at radius 2 is 2.12 bits per heavy atom. The molecule has 0 aliphatic carbocycles. The minimum atomic E-state index is -0.839. The number of carbonyl (C=O) groups excluding carboxylic acids is 1. The maximum atomic E-state index is 11.7. The zero-order valence-electron chi connectivity index (χ0n) is 9.59. The number of aliphatic carboxylic acids is 1. The van der Waals surface area contributed by atoms with Gasteiger partial charge in [-0.2, -0.15) is 5.26 Å². The van der Waals surface area contributed by atoms with Crippen LogP contribution in [-0.2, 0) is 14.3 Å². The van der Waals surface area contributed by atoms with E-state index in [4.69, 9.17) is 15.1 Å². The first-order valence-electron chi connectivity index (χ1n) is 5.64. The van der Waals surface area contributed by atoms with Crippen molar-refractivity contribution >= 4 is 11.9 Å². The summed E-state index contributed by atoms with van der Waals surface area (Å²) >= 11 is 0. The topological polar surface area (TPSA) is 90.6 Å². The lowest BCUT2D eigenvalue weighted by Crippen LogP contribution is -2.45. The van der Waals surface area contributed by atoms with E-state index >= 15 is 0 Å². The molecule has 1 aliphatic heterocycles. The highest BCUT2D eigenvalue weighted by Crippen LogP contribution is 2.09. The van der Waals surface area contributed by atoms with Crippen molar-refractivity contribution in [3.8, 4) is 6.07 Å². The van der Waals surface area contributed by atoms with E-state index in [0.717, 1.165) is 0 Å². The number of nitrogens with zero attached hydrogens (tertiary/aromatic N) is 2. The van der Waals surface area contributed by atoms with E-state index in [2.05, 4.69) is 0 Å². The second-order valence-corrected chi connectivity index (χ2v) is 3.93. The number of hydrogen-bond acceptors (Lipinski definition) is 4. The average molecular weight is 240 g/mol. The number of ether oxygens (including phenoxy) is 1. The average Bonchev–Trinajstić information content (AvgIpc) is 2.34. The molecule has 0 saturated carbocycles. The van der Waals surface area contributed by atoms with Crippen LogP contribution in [0.15, 0.2) is 0 Å². The van der Waals surface area contributed by atoms with Gasteiger partial charge in [-0.15, -0.1) is 0 Å². The van der Waals surface area contributed by atoms with E-state index < -0.39 is 12.1 Å². The third-order valence-electron chi connectivity index (χ3n) is 2.59. The molecular weight excluding hydrogens is 224 g/mol. The fourth-order valence-corrected chi connectivity index (χ4v) is 1.66. The fourth-order valence-electron chi connectivity index (χ4n) is 1.66. The van der Waals surface area contributed by atoms with Crippen LogP contribution in [0, 0.1) is 11.3 Å². The molecule has 0 aromatic rings. The first kappa shape index (κ1) is 13.5. The monoisotopic (exact) mass is 240 g/mol. The molecule has 0 radical (unpaired) electrons. The zero-order valence-corrected chi connectivity index (χ0v) is 9.59. The van der Waals surface area contributed by atoms with Gasteiger partial charge in [-0.3, -0.25) is 9.59 Å². The van der Waals surface area contributed by atoms with Crippen LogP contribution < -0.4 is 0 Å². The summed E-state index contributed by atoms with van der Waals surface area (Å²) in [5, 5.41) is 17.1. The van der Waals surface area contributed by atoms with Crippen molar-refractivity contribution in [2.45, 2.75) is 31.8 Å². The second-order valence-electron chi connectivity index (χ2n) is 3.93. The number of morpholine rings is 1. The summed E-state index contributed by atoms with van der Waals surface area (Å²) in [4.78, 5) is 23.6. The molecule has 0 aromatic carbocycles. The van der Waals surface area contributed by atoms with Crippen LogP contribution in [0.25, 0.3) is 0 Å². The number of hydrogen-bond donors (Lipinski definition) is 1. The Kier molecular flexibility index (Phi) is 5.43. The van der Waals surface area contributed by atoms with Gasteiger partial charge in [0.25, 0.3) is 0 Å². The van der Waals surface area contributed by atoms with Crippen LogP contribution in [0.2, 0.25) is 0 Å². The zero-order chi connectivity index (χ0) is 12.7. The molecule has 17 heavy (non-hydrogen) atoms. The Bertz CT molecular complexity index is 324. The fraction of sp³-hybridized carbons (Fsp3) is 0.727. The number of carboxylic acid groups (broad SMARTS) is 1. The molecule has 1 heterocycles. The van der Waals surface area contributed by atoms with Crippen molar-refractivity contribution < 1.29 is 19.4 Å². The minimum absolute atomic E-state index is 0.0288. The highest BCUT2D eigenvalue weighted by molar-refractivity contribution is 5.76. The highest BCUT2D eigenvalue weighted by atomic mass is 16.5. The molecule has 6 nitrogen and oxygen atoms in total. The van der Waals surface area contributed by atoms with Crippen molar-refractivity contribution in [3.05, 3.63) is 0 Å². The predicted octanol–water partition coefficient (Wildman–Crippen LogP) is 0.382. The van der Waals surface area contributed by atoms with Crippen LogP contribution >= 0.6 is 0 Å². The maximum Gasteiger partial charge on any atom is 0.303 e. The first-order chi connectivity index (χ1) is 8.13. The normalized spacial score (nSPS) is 19.7. The standard InChI is InChI=1S/C11H16N2O4/c12-7-9-8-13(5-6-17-9)10(14)3-1-2-4-11(15)16/h9H,1-6,8H2,(H,15,16). The molecule has 1 saturated heterocycles. The first-order valence-corrected chi connectivity index (χ1v) is 5.64. The van der Waals surface area contributed by atoms with Crippen molar-refractivity contribution in [1.82, 2.24) is 4.90 Å². The summed E-state index contributed by atoms with van der Waals surface area (Å²) in [5.41, 5.74) is 0. The lowest BCUT2D eigenvalue weighted by atomic mass is 10.1. The third kappa shape index (κ3) is 4.83. The molecule has 1 atom stereocenters. The number of amides is 1. The van der Waals surface area contributed by atoms with E-state index in [1.165, 1.54) is 0 Å². The van der Waals surface area contributed by atoms with E-state index in [0.29, 0.717) is 39.0 Å². The number of rotatable bonds is 5. The van der Waals surface area contributed by atoms with Gasteiger partial charge in [0.2, 0.25) is 5.91 Å². The van der Waals surface area contributed by atoms with Gasteiger partial charge in [-0.1, -0.05) is 0 Å². The van der Waals surface area contributed by atoms with Crippen LogP contribution in [-0.4, -0.2) is 47.7 Å². The summed E-state index contributed by atoms with van der Waals surface area (Å²) in [5.74, 6) is -0.868. The Balaban J connectivity index is 2.23. The summed E-state index contributed by atoms with van der Waals surface area (Å²) < 4.78 is 5.13. The van der Waals surface area contributed by atoms with Gasteiger partial charge in [0.05, 0.1) is 19.2 Å². The summed E-state index contributed by atoms with van der Waals surface area (Å²) in [6.07, 6.45) is 0.974. The van der Waals surface area contributed by atoms with Crippen LogP contribution in [0.3, 0.4) is 0 Å². The van der Waals surface area contributed by atoms with Gasteiger partial charge >= 0.3 is 5.97 Å². The number of carbonyl (C=O) groups is 2. The van der Waals surface area contributed by atoms with Gasteiger partial charge in [0.1, 0.15) is 0 Å². The molecule has 94 valence electrons. The number of unbranched alkanes of at least 4 members (excludes halogenated alkanes) is 1. The largest absolute Gasteiger partial charge is 0.481 e. The number of nitriles is 1. The van der Waals surface area contributed by atoms with Crippen LogP contribution in [0.5, 0.6) is 0 Å². The van der Waals surface area contributed by atoms with Crippen molar-refractivity contribution in [1.29, 1.82) is 5.26 Å². The molecule has 1 aliphatic rings. The van der Waals surface area contributed by atoms with Gasteiger partial charge in [0, 0.05) is 19.4 Å². The minimum Gasteiger partial charge on any atom is -0.481 e. The summed E-state index contributed by atoms with van der Waals surface area (Å²) in [6, 6.07) is 1.98. The predicted molar refractivity (Wildman–Crippen MR) is 58.0 cm³/mol.